The van der Waals surface area contributed by atoms with E-state index < -0.39 is 0 Å². The van der Waals surface area contributed by atoms with E-state index in [1.807, 2.05) is 19.2 Å². The average Bonchev–Trinajstić information content (AvgIpc) is 2.94. The van der Waals surface area contributed by atoms with E-state index in [9.17, 15) is 13.6 Å². The molecule has 132 valence electrons. The van der Waals surface area contributed by atoms with Crippen LogP contribution in [0.15, 0.2) is 59.7 Å². The first-order valence-corrected chi connectivity index (χ1v) is 8.74. The first kappa shape index (κ1) is 16.9. The standard InChI is InChI=1S/C22H19F2NO/c1-25-20-10-11-21(25)19(13-15-4-8-17(24)9-5-15)22(26)18(20)12-14-2-6-16(23)7-3-14/h2-9,12-13,20-21H,10-11H2,1H3/b18-12+,19-13+/t20-,21-/m1/s1. The zero-order valence-corrected chi connectivity index (χ0v) is 14.5. The van der Waals surface area contributed by atoms with Crippen LogP contribution in [0.25, 0.3) is 12.2 Å². The fourth-order valence-corrected chi connectivity index (χ4v) is 3.96. The summed E-state index contributed by atoms with van der Waals surface area (Å²) in [7, 11) is 2.03. The van der Waals surface area contributed by atoms with Crippen molar-refractivity contribution in [3.8, 4) is 0 Å². The van der Waals surface area contributed by atoms with Crippen molar-refractivity contribution in [3.63, 3.8) is 0 Å². The minimum Gasteiger partial charge on any atom is -0.292 e. The number of nitrogens with zero attached hydrogens (tertiary/aromatic N) is 1. The van der Waals surface area contributed by atoms with Crippen molar-refractivity contribution in [3.05, 3.63) is 82.4 Å². The summed E-state index contributed by atoms with van der Waals surface area (Å²) in [6.07, 6.45) is 5.56. The molecular weight excluding hydrogens is 332 g/mol. The largest absolute Gasteiger partial charge is 0.292 e. The monoisotopic (exact) mass is 351 g/mol. The molecule has 2 fully saturated rings. The topological polar surface area (TPSA) is 20.3 Å². The Hall–Kier alpha value is -2.59. The van der Waals surface area contributed by atoms with Crippen LogP contribution in [-0.2, 0) is 4.79 Å². The van der Waals surface area contributed by atoms with Gasteiger partial charge in [-0.1, -0.05) is 24.3 Å². The number of hydrogen-bond acceptors (Lipinski definition) is 2. The quantitative estimate of drug-likeness (QED) is 0.744. The van der Waals surface area contributed by atoms with Gasteiger partial charge in [-0.05, 0) is 67.4 Å². The van der Waals surface area contributed by atoms with Crippen LogP contribution in [-0.4, -0.2) is 29.8 Å². The Morgan fingerprint density at radius 1 is 0.808 bits per heavy atom. The summed E-state index contributed by atoms with van der Waals surface area (Å²) >= 11 is 0. The Balaban J connectivity index is 1.75. The van der Waals surface area contributed by atoms with Crippen molar-refractivity contribution in [1.29, 1.82) is 0 Å². The molecule has 4 rings (SSSR count). The summed E-state index contributed by atoms with van der Waals surface area (Å²) < 4.78 is 26.3. The lowest BCUT2D eigenvalue weighted by molar-refractivity contribution is -0.114. The summed E-state index contributed by atoms with van der Waals surface area (Å²) in [5.41, 5.74) is 3.10. The van der Waals surface area contributed by atoms with Gasteiger partial charge < -0.3 is 0 Å². The number of carbonyl (C=O) groups excluding carboxylic acids is 1. The number of Topliss-reactive ketones (excluding diaryl/α,β-unsaturated/α-hetero) is 1. The Kier molecular flexibility index (Phi) is 4.29. The van der Waals surface area contributed by atoms with E-state index in [2.05, 4.69) is 4.90 Å². The smallest absolute Gasteiger partial charge is 0.188 e. The van der Waals surface area contributed by atoms with Crippen molar-refractivity contribution in [2.45, 2.75) is 24.9 Å². The summed E-state index contributed by atoms with van der Waals surface area (Å²) in [6.45, 7) is 0. The lowest BCUT2D eigenvalue weighted by Crippen LogP contribution is -2.43. The van der Waals surface area contributed by atoms with Gasteiger partial charge in [0.1, 0.15) is 11.6 Å². The number of likely N-dealkylation sites (N-methyl/N-ethyl adjacent to an activating group) is 1. The number of piperidine rings is 1. The van der Waals surface area contributed by atoms with Crippen LogP contribution in [0.2, 0.25) is 0 Å². The molecule has 26 heavy (non-hydrogen) atoms. The normalized spacial score (nSPS) is 26.0. The van der Waals surface area contributed by atoms with Crippen LogP contribution in [0.5, 0.6) is 0 Å². The minimum atomic E-state index is -0.294. The van der Waals surface area contributed by atoms with Gasteiger partial charge in [0.05, 0.1) is 0 Å². The number of carbonyl (C=O) groups is 1. The van der Waals surface area contributed by atoms with Crippen molar-refractivity contribution < 1.29 is 13.6 Å². The maximum Gasteiger partial charge on any atom is 0.188 e. The molecule has 2 aliphatic heterocycles. The van der Waals surface area contributed by atoms with Crippen LogP contribution < -0.4 is 0 Å². The van der Waals surface area contributed by atoms with Crippen molar-refractivity contribution >= 4 is 17.9 Å². The van der Waals surface area contributed by atoms with Gasteiger partial charge in [0.15, 0.2) is 5.78 Å². The third-order valence-electron chi connectivity index (χ3n) is 5.32. The molecule has 0 N–H and O–H groups in total. The molecule has 2 aromatic carbocycles. The number of benzene rings is 2. The van der Waals surface area contributed by atoms with E-state index in [-0.39, 0.29) is 29.5 Å². The van der Waals surface area contributed by atoms with Gasteiger partial charge >= 0.3 is 0 Å². The van der Waals surface area contributed by atoms with E-state index in [0.717, 1.165) is 35.1 Å². The number of ketones is 1. The second-order valence-electron chi connectivity index (χ2n) is 6.91. The first-order valence-electron chi connectivity index (χ1n) is 8.74. The fraction of sp³-hybridized carbons (Fsp3) is 0.227. The zero-order chi connectivity index (χ0) is 18.3. The molecule has 2 nitrogen and oxygen atoms in total. The van der Waals surface area contributed by atoms with Gasteiger partial charge in [-0.25, -0.2) is 8.78 Å². The summed E-state index contributed by atoms with van der Waals surface area (Å²) in [5.74, 6) is -0.557. The first-order chi connectivity index (χ1) is 12.5. The average molecular weight is 351 g/mol. The van der Waals surface area contributed by atoms with E-state index in [4.69, 9.17) is 0 Å². The third-order valence-corrected chi connectivity index (χ3v) is 5.32. The number of fused-ring (bicyclic) bond motifs is 2. The third kappa shape index (κ3) is 3.01. The van der Waals surface area contributed by atoms with Crippen molar-refractivity contribution in [1.82, 2.24) is 4.90 Å². The highest BCUT2D eigenvalue weighted by Crippen LogP contribution is 2.40. The molecule has 0 aliphatic carbocycles. The lowest BCUT2D eigenvalue weighted by atomic mass is 9.88. The Morgan fingerprint density at radius 2 is 1.19 bits per heavy atom. The summed E-state index contributed by atoms with van der Waals surface area (Å²) in [6, 6.07) is 12.5. The zero-order valence-electron chi connectivity index (χ0n) is 14.5. The predicted molar refractivity (Wildman–Crippen MR) is 98.3 cm³/mol. The lowest BCUT2D eigenvalue weighted by Gasteiger charge is -2.34. The minimum absolute atomic E-state index is 0.0317. The van der Waals surface area contributed by atoms with Crippen LogP contribution in [0, 0.1) is 11.6 Å². The van der Waals surface area contributed by atoms with Gasteiger partial charge in [-0.2, -0.15) is 0 Å². The molecule has 2 bridgehead atoms. The molecule has 2 heterocycles. The SMILES string of the molecule is CN1[C@@H]2CC[C@@H]1/C(=C\c1ccc(F)cc1)C(=O)/C2=C/c1ccc(F)cc1. The second kappa shape index (κ2) is 6.61. The Bertz CT molecular complexity index is 823. The molecule has 2 aromatic rings. The molecular formula is C22H19F2NO. The van der Waals surface area contributed by atoms with Crippen LogP contribution in [0.4, 0.5) is 8.78 Å². The highest BCUT2D eigenvalue weighted by Gasteiger charge is 2.44. The van der Waals surface area contributed by atoms with E-state index in [1.165, 1.54) is 24.3 Å². The maximum atomic E-state index is 13.2. The highest BCUT2D eigenvalue weighted by molar-refractivity contribution is 6.16. The van der Waals surface area contributed by atoms with Crippen molar-refractivity contribution in [2.24, 2.45) is 0 Å². The van der Waals surface area contributed by atoms with Crippen LogP contribution in [0.1, 0.15) is 24.0 Å². The number of rotatable bonds is 2. The number of hydrogen-bond donors (Lipinski definition) is 0. The molecule has 0 saturated carbocycles. The van der Waals surface area contributed by atoms with Gasteiger partial charge in [-0.3, -0.25) is 9.69 Å². The van der Waals surface area contributed by atoms with Gasteiger partial charge in [0.25, 0.3) is 0 Å². The van der Waals surface area contributed by atoms with E-state index in [0.29, 0.717) is 0 Å². The maximum absolute atomic E-state index is 13.2. The molecule has 2 saturated heterocycles. The fourth-order valence-electron chi connectivity index (χ4n) is 3.96. The molecule has 0 unspecified atom stereocenters. The van der Waals surface area contributed by atoms with Gasteiger partial charge in [0.2, 0.25) is 0 Å². The van der Waals surface area contributed by atoms with Gasteiger partial charge in [0, 0.05) is 23.2 Å². The molecule has 0 amide bonds. The highest BCUT2D eigenvalue weighted by atomic mass is 19.1. The summed E-state index contributed by atoms with van der Waals surface area (Å²) in [4.78, 5) is 15.4. The second-order valence-corrected chi connectivity index (χ2v) is 6.91. The molecule has 2 atom stereocenters. The Morgan fingerprint density at radius 3 is 1.58 bits per heavy atom. The van der Waals surface area contributed by atoms with Crippen LogP contribution >= 0.6 is 0 Å². The molecule has 0 spiro atoms. The summed E-state index contributed by atoms with van der Waals surface area (Å²) in [5, 5.41) is 0. The van der Waals surface area contributed by atoms with Gasteiger partial charge in [-0.15, -0.1) is 0 Å². The molecule has 4 heteroatoms. The van der Waals surface area contributed by atoms with Crippen LogP contribution in [0.3, 0.4) is 0 Å². The van der Waals surface area contributed by atoms with E-state index >= 15 is 0 Å². The molecule has 0 aromatic heterocycles. The van der Waals surface area contributed by atoms with Crippen molar-refractivity contribution in [2.75, 3.05) is 7.05 Å². The number of halogens is 2. The van der Waals surface area contributed by atoms with E-state index in [1.54, 1.807) is 24.3 Å². The molecule has 0 radical (unpaired) electrons. The predicted octanol–water partition coefficient (Wildman–Crippen LogP) is 4.48. The molecule has 2 aliphatic rings. The Labute approximate surface area is 151 Å².